The van der Waals surface area contributed by atoms with Crippen molar-refractivity contribution in [2.45, 2.75) is 39.2 Å². The maximum absolute atomic E-state index is 12.5. The molecule has 22 heavy (non-hydrogen) atoms. The summed E-state index contributed by atoms with van der Waals surface area (Å²) in [6, 6.07) is 0.171. The van der Waals surface area contributed by atoms with Crippen LogP contribution in [0.15, 0.2) is 11.6 Å². The van der Waals surface area contributed by atoms with Gasteiger partial charge in [0.2, 0.25) is 5.91 Å². The Hall–Kier alpha value is -0.920. The Labute approximate surface area is 133 Å². The minimum atomic E-state index is -3.36. The van der Waals surface area contributed by atoms with Crippen molar-refractivity contribution in [2.75, 3.05) is 33.7 Å². The van der Waals surface area contributed by atoms with E-state index in [1.165, 1.54) is 4.31 Å². The van der Waals surface area contributed by atoms with Crippen LogP contribution in [-0.4, -0.2) is 67.6 Å². The highest BCUT2D eigenvalue weighted by Crippen LogP contribution is 2.32. The lowest BCUT2D eigenvalue weighted by Crippen LogP contribution is -2.57. The van der Waals surface area contributed by atoms with Gasteiger partial charge in [-0.1, -0.05) is 6.08 Å². The van der Waals surface area contributed by atoms with E-state index in [0.29, 0.717) is 13.1 Å². The van der Waals surface area contributed by atoms with Crippen LogP contribution in [0.5, 0.6) is 0 Å². The third-order valence-corrected chi connectivity index (χ3v) is 6.76. The molecule has 0 spiro atoms. The molecule has 2 aliphatic rings. The van der Waals surface area contributed by atoms with Crippen LogP contribution in [0.1, 0.15) is 33.1 Å². The number of fused-ring (bicyclic) bond motifs is 1. The van der Waals surface area contributed by atoms with Gasteiger partial charge in [0, 0.05) is 45.3 Å². The van der Waals surface area contributed by atoms with E-state index in [1.54, 1.807) is 18.4 Å². The van der Waals surface area contributed by atoms with Gasteiger partial charge in [0.05, 0.1) is 0 Å². The number of amides is 1. The lowest BCUT2D eigenvalue weighted by atomic mass is 9.84. The van der Waals surface area contributed by atoms with Crippen LogP contribution in [-0.2, 0) is 15.0 Å². The van der Waals surface area contributed by atoms with E-state index in [2.05, 4.69) is 0 Å². The van der Waals surface area contributed by atoms with E-state index in [-0.39, 0.29) is 17.9 Å². The molecule has 2 fully saturated rings. The number of nitrogens with zero attached hydrogens (tertiary/aromatic N) is 3. The molecule has 126 valence electrons. The Bertz CT molecular complexity index is 556. The number of carbonyl (C=O) groups excluding carboxylic acids is 1. The van der Waals surface area contributed by atoms with Crippen LogP contribution in [0.25, 0.3) is 0 Å². The van der Waals surface area contributed by atoms with Crippen molar-refractivity contribution in [3.63, 3.8) is 0 Å². The van der Waals surface area contributed by atoms with Crippen LogP contribution < -0.4 is 0 Å². The summed E-state index contributed by atoms with van der Waals surface area (Å²) in [6.45, 7) is 5.51. The third kappa shape index (κ3) is 3.21. The smallest absolute Gasteiger partial charge is 0.281 e. The second kappa shape index (κ2) is 6.68. The molecule has 0 aromatic carbocycles. The summed E-state index contributed by atoms with van der Waals surface area (Å²) in [5, 5.41) is 0. The van der Waals surface area contributed by atoms with Gasteiger partial charge in [0.1, 0.15) is 0 Å². The quantitative estimate of drug-likeness (QED) is 0.728. The largest absolute Gasteiger partial charge is 0.336 e. The molecular formula is C15H27N3O3S. The lowest BCUT2D eigenvalue weighted by molar-refractivity contribution is -0.133. The Morgan fingerprint density at radius 3 is 2.50 bits per heavy atom. The molecule has 7 heteroatoms. The molecule has 0 aromatic rings. The summed E-state index contributed by atoms with van der Waals surface area (Å²) in [5.74, 6) is 0.340. The molecule has 2 atom stereocenters. The second-order valence-corrected chi connectivity index (χ2v) is 8.52. The highest BCUT2D eigenvalue weighted by Gasteiger charge is 2.41. The average molecular weight is 329 g/mol. The predicted octanol–water partition coefficient (Wildman–Crippen LogP) is 1.07. The fourth-order valence-electron chi connectivity index (χ4n) is 3.41. The molecule has 0 bridgehead atoms. The zero-order chi connectivity index (χ0) is 16.5. The van der Waals surface area contributed by atoms with Gasteiger partial charge in [-0.3, -0.25) is 4.79 Å². The first-order chi connectivity index (χ1) is 10.3. The first-order valence-corrected chi connectivity index (χ1v) is 9.30. The molecule has 6 nitrogen and oxygen atoms in total. The molecule has 0 aromatic heterocycles. The van der Waals surface area contributed by atoms with Gasteiger partial charge < -0.3 is 4.90 Å². The van der Waals surface area contributed by atoms with Gasteiger partial charge in [-0.15, -0.1) is 0 Å². The summed E-state index contributed by atoms with van der Waals surface area (Å²) in [4.78, 5) is 14.4. The number of carbonyl (C=O) groups is 1. The van der Waals surface area contributed by atoms with Crippen molar-refractivity contribution < 1.29 is 13.2 Å². The van der Waals surface area contributed by atoms with E-state index in [9.17, 15) is 13.2 Å². The average Bonchev–Trinajstić information content (AvgIpc) is 2.52. The normalized spacial score (nSPS) is 27.9. The van der Waals surface area contributed by atoms with E-state index >= 15 is 0 Å². The highest BCUT2D eigenvalue weighted by molar-refractivity contribution is 7.86. The SMILES string of the molecule is C/C=C(\C)C(=O)N1CCC[C@@H]2CN(S(=O)(=O)N(C)C)CC[C@@H]21. The molecule has 0 N–H and O–H groups in total. The highest BCUT2D eigenvalue weighted by atomic mass is 32.2. The standard InChI is InChI=1S/C15H27N3O3S/c1-5-12(2)15(19)18-9-6-7-13-11-17(10-8-14(13)18)22(20,21)16(3)4/h5,13-14H,6-11H2,1-4H3/b12-5+/t13-,14+/m1/s1. The van der Waals surface area contributed by atoms with Crippen molar-refractivity contribution >= 4 is 16.1 Å². The van der Waals surface area contributed by atoms with Gasteiger partial charge in [-0.25, -0.2) is 0 Å². The van der Waals surface area contributed by atoms with Gasteiger partial charge in [-0.2, -0.15) is 17.0 Å². The zero-order valence-corrected chi connectivity index (χ0v) is 14.8. The van der Waals surface area contributed by atoms with E-state index < -0.39 is 10.2 Å². The van der Waals surface area contributed by atoms with E-state index in [4.69, 9.17) is 0 Å². The van der Waals surface area contributed by atoms with Gasteiger partial charge in [0.15, 0.2) is 0 Å². The van der Waals surface area contributed by atoms with Crippen molar-refractivity contribution in [1.29, 1.82) is 0 Å². The maximum atomic E-state index is 12.5. The van der Waals surface area contributed by atoms with E-state index in [1.807, 2.05) is 24.8 Å². The molecular weight excluding hydrogens is 302 g/mol. The van der Waals surface area contributed by atoms with Crippen molar-refractivity contribution in [1.82, 2.24) is 13.5 Å². The van der Waals surface area contributed by atoms with E-state index in [0.717, 1.165) is 31.4 Å². The second-order valence-electron chi connectivity index (χ2n) is 6.38. The monoisotopic (exact) mass is 329 g/mol. The number of rotatable bonds is 3. The minimum Gasteiger partial charge on any atom is -0.336 e. The molecule has 0 saturated carbocycles. The van der Waals surface area contributed by atoms with Gasteiger partial charge in [0.25, 0.3) is 10.2 Å². The fraction of sp³-hybridized carbons (Fsp3) is 0.800. The summed E-state index contributed by atoms with van der Waals surface area (Å²) >= 11 is 0. The molecule has 1 amide bonds. The number of piperidine rings is 2. The minimum absolute atomic E-state index is 0.0983. The van der Waals surface area contributed by atoms with Crippen LogP contribution >= 0.6 is 0 Å². The maximum Gasteiger partial charge on any atom is 0.281 e. The summed E-state index contributed by atoms with van der Waals surface area (Å²) < 4.78 is 27.4. The van der Waals surface area contributed by atoms with Gasteiger partial charge in [-0.05, 0) is 39.0 Å². The van der Waals surface area contributed by atoms with Crippen molar-refractivity contribution in [3.05, 3.63) is 11.6 Å². The summed E-state index contributed by atoms with van der Waals surface area (Å²) in [5.41, 5.74) is 0.768. The first kappa shape index (κ1) is 17.4. The molecule has 2 heterocycles. The molecule has 2 aliphatic heterocycles. The third-order valence-electron chi connectivity index (χ3n) is 4.85. The Morgan fingerprint density at radius 1 is 1.23 bits per heavy atom. The Balaban J connectivity index is 2.14. The summed E-state index contributed by atoms with van der Waals surface area (Å²) in [7, 11) is -0.231. The molecule has 2 rings (SSSR count). The van der Waals surface area contributed by atoms with Crippen LogP contribution in [0.3, 0.4) is 0 Å². The Morgan fingerprint density at radius 2 is 1.91 bits per heavy atom. The number of allylic oxidation sites excluding steroid dienone is 1. The first-order valence-electron chi connectivity index (χ1n) is 7.90. The molecule has 0 unspecified atom stereocenters. The Kier molecular flexibility index (Phi) is 5.29. The summed E-state index contributed by atoms with van der Waals surface area (Å²) in [6.07, 6.45) is 4.50. The molecule has 0 aliphatic carbocycles. The van der Waals surface area contributed by atoms with Crippen LogP contribution in [0, 0.1) is 5.92 Å². The van der Waals surface area contributed by atoms with Gasteiger partial charge >= 0.3 is 0 Å². The van der Waals surface area contributed by atoms with Crippen molar-refractivity contribution in [3.8, 4) is 0 Å². The van der Waals surface area contributed by atoms with Crippen LogP contribution in [0.4, 0.5) is 0 Å². The number of hydrogen-bond donors (Lipinski definition) is 0. The van der Waals surface area contributed by atoms with Crippen LogP contribution in [0.2, 0.25) is 0 Å². The molecule has 0 radical (unpaired) electrons. The fourth-order valence-corrected chi connectivity index (χ4v) is 4.59. The topological polar surface area (TPSA) is 60.9 Å². The van der Waals surface area contributed by atoms with Crippen molar-refractivity contribution in [2.24, 2.45) is 5.92 Å². The zero-order valence-electron chi connectivity index (χ0n) is 13.9. The number of likely N-dealkylation sites (tertiary alicyclic amines) is 1. The number of hydrogen-bond acceptors (Lipinski definition) is 3. The predicted molar refractivity (Wildman–Crippen MR) is 86.5 cm³/mol. The lowest BCUT2D eigenvalue weighted by Gasteiger charge is -2.47. The molecule has 2 saturated heterocycles.